The number of imidazole rings is 1. The van der Waals surface area contributed by atoms with E-state index in [1.165, 1.54) is 6.33 Å². The molecule has 3 heterocycles. The Balaban J connectivity index is 1.89. The fraction of sp³-hybridized carbons (Fsp3) is 0.500. The minimum Gasteiger partial charge on any atom is -0.394 e. The van der Waals surface area contributed by atoms with Crippen molar-refractivity contribution in [3.63, 3.8) is 0 Å². The molecule has 0 saturated carbocycles. The third-order valence-electron chi connectivity index (χ3n) is 3.57. The van der Waals surface area contributed by atoms with Crippen molar-refractivity contribution in [2.75, 3.05) is 18.5 Å². The molecule has 1 fully saturated rings. The summed E-state index contributed by atoms with van der Waals surface area (Å²) in [6.45, 7) is 2.02. The number of aliphatic hydroxyl groups excluding tert-OH is 2. The van der Waals surface area contributed by atoms with Gasteiger partial charge in [0.1, 0.15) is 18.7 Å². The number of anilines is 1. The molecule has 8 heteroatoms. The van der Waals surface area contributed by atoms with E-state index in [1.807, 2.05) is 0 Å². The molecule has 22 heavy (non-hydrogen) atoms. The predicted octanol–water partition coefficient (Wildman–Crippen LogP) is -0.0978. The van der Waals surface area contributed by atoms with Crippen molar-refractivity contribution in [3.8, 4) is 11.8 Å². The highest BCUT2D eigenvalue weighted by molar-refractivity contribution is 5.82. The Labute approximate surface area is 127 Å². The lowest BCUT2D eigenvalue weighted by atomic mass is 10.2. The lowest BCUT2D eigenvalue weighted by molar-refractivity contribution is -0.0432. The van der Waals surface area contributed by atoms with Gasteiger partial charge in [-0.25, -0.2) is 15.0 Å². The van der Waals surface area contributed by atoms with E-state index in [-0.39, 0.29) is 6.61 Å². The summed E-state index contributed by atoms with van der Waals surface area (Å²) in [6.07, 6.45) is 1.73. The number of hydrogen-bond donors (Lipinski definition) is 3. The van der Waals surface area contributed by atoms with Crippen LogP contribution in [0.15, 0.2) is 12.7 Å². The van der Waals surface area contributed by atoms with Gasteiger partial charge in [-0.2, -0.15) is 0 Å². The highest BCUT2D eigenvalue weighted by Crippen LogP contribution is 2.31. The Hall–Kier alpha value is -2.21. The summed E-state index contributed by atoms with van der Waals surface area (Å²) in [5.74, 6) is 6.30. The van der Waals surface area contributed by atoms with Crippen LogP contribution in [0.1, 0.15) is 19.6 Å². The number of rotatable bonds is 4. The summed E-state index contributed by atoms with van der Waals surface area (Å²) < 4.78 is 7.38. The van der Waals surface area contributed by atoms with Crippen LogP contribution in [-0.4, -0.2) is 55.1 Å². The summed E-state index contributed by atoms with van der Waals surface area (Å²) in [5, 5.41) is 22.1. The highest BCUT2D eigenvalue weighted by Gasteiger charge is 2.35. The molecule has 2 aromatic rings. The summed E-state index contributed by atoms with van der Waals surface area (Å²) in [6, 6.07) is 0. The van der Waals surface area contributed by atoms with E-state index in [0.29, 0.717) is 29.9 Å². The molecule has 1 aliphatic rings. The van der Waals surface area contributed by atoms with Gasteiger partial charge >= 0.3 is 0 Å². The van der Waals surface area contributed by atoms with Crippen molar-refractivity contribution in [2.24, 2.45) is 0 Å². The zero-order chi connectivity index (χ0) is 15.5. The van der Waals surface area contributed by atoms with Crippen LogP contribution in [0.2, 0.25) is 0 Å². The molecule has 1 aliphatic heterocycles. The minimum atomic E-state index is -0.702. The molecular formula is C14H17N5O3. The van der Waals surface area contributed by atoms with Crippen LogP contribution in [0.3, 0.4) is 0 Å². The largest absolute Gasteiger partial charge is 0.394 e. The molecule has 0 aromatic carbocycles. The van der Waals surface area contributed by atoms with E-state index < -0.39 is 18.4 Å². The third kappa shape index (κ3) is 2.62. The zero-order valence-corrected chi connectivity index (χ0v) is 12.1. The van der Waals surface area contributed by atoms with Crippen LogP contribution < -0.4 is 5.32 Å². The van der Waals surface area contributed by atoms with Crippen LogP contribution in [-0.2, 0) is 4.74 Å². The van der Waals surface area contributed by atoms with Crippen LogP contribution >= 0.6 is 0 Å². The first-order chi connectivity index (χ1) is 10.7. The van der Waals surface area contributed by atoms with Gasteiger partial charge in [-0.3, -0.25) is 4.57 Å². The van der Waals surface area contributed by atoms with Crippen molar-refractivity contribution >= 4 is 17.0 Å². The number of ether oxygens (including phenoxy) is 1. The smallest absolute Gasteiger partial charge is 0.167 e. The lowest BCUT2D eigenvalue weighted by Crippen LogP contribution is -2.24. The molecule has 0 amide bonds. The second-order valence-corrected chi connectivity index (χ2v) is 4.94. The number of fused-ring (bicyclic) bond motifs is 1. The Morgan fingerprint density at radius 1 is 1.45 bits per heavy atom. The topological polar surface area (TPSA) is 105 Å². The van der Waals surface area contributed by atoms with E-state index in [0.717, 1.165) is 0 Å². The molecule has 2 aromatic heterocycles. The van der Waals surface area contributed by atoms with Gasteiger partial charge < -0.3 is 20.3 Å². The SMILES string of the molecule is CC#CCNc1ncnc2c1ncn2[C@H]1CC(O)[C@@H](CO)O1. The molecule has 0 spiro atoms. The van der Waals surface area contributed by atoms with Crippen LogP contribution in [0.4, 0.5) is 5.82 Å². The first kappa shape index (κ1) is 14.7. The lowest BCUT2D eigenvalue weighted by Gasteiger charge is -2.13. The van der Waals surface area contributed by atoms with Gasteiger partial charge in [0.05, 0.1) is 25.6 Å². The third-order valence-corrected chi connectivity index (χ3v) is 3.57. The second-order valence-electron chi connectivity index (χ2n) is 4.94. The number of aromatic nitrogens is 4. The summed E-state index contributed by atoms with van der Waals surface area (Å²) in [7, 11) is 0. The fourth-order valence-corrected chi connectivity index (χ4v) is 2.46. The van der Waals surface area contributed by atoms with E-state index in [2.05, 4.69) is 32.1 Å². The molecule has 3 rings (SSSR count). The summed E-state index contributed by atoms with van der Waals surface area (Å²) in [4.78, 5) is 12.7. The average molecular weight is 303 g/mol. The maximum absolute atomic E-state index is 9.85. The highest BCUT2D eigenvalue weighted by atomic mass is 16.5. The van der Waals surface area contributed by atoms with Gasteiger partial charge in [0.15, 0.2) is 17.0 Å². The molecule has 116 valence electrons. The molecule has 3 N–H and O–H groups in total. The number of nitrogens with one attached hydrogen (secondary N) is 1. The van der Waals surface area contributed by atoms with E-state index >= 15 is 0 Å². The monoisotopic (exact) mass is 303 g/mol. The van der Waals surface area contributed by atoms with Crippen molar-refractivity contribution in [2.45, 2.75) is 31.8 Å². The van der Waals surface area contributed by atoms with Gasteiger partial charge in [-0.15, -0.1) is 5.92 Å². The number of hydrogen-bond acceptors (Lipinski definition) is 7. The minimum absolute atomic E-state index is 0.220. The first-order valence-corrected chi connectivity index (χ1v) is 7.00. The zero-order valence-electron chi connectivity index (χ0n) is 12.1. The van der Waals surface area contributed by atoms with Gasteiger partial charge in [0.25, 0.3) is 0 Å². The number of nitrogens with zero attached hydrogens (tertiary/aromatic N) is 4. The van der Waals surface area contributed by atoms with Gasteiger partial charge in [-0.1, -0.05) is 5.92 Å². The van der Waals surface area contributed by atoms with Crippen molar-refractivity contribution in [1.82, 2.24) is 19.5 Å². The quantitative estimate of drug-likeness (QED) is 0.677. The molecule has 1 saturated heterocycles. The Bertz CT molecular complexity index is 720. The molecule has 0 bridgehead atoms. The molecular weight excluding hydrogens is 286 g/mol. The van der Waals surface area contributed by atoms with Gasteiger partial charge in [-0.05, 0) is 6.92 Å². The van der Waals surface area contributed by atoms with Crippen molar-refractivity contribution in [1.29, 1.82) is 0 Å². The summed E-state index contributed by atoms with van der Waals surface area (Å²) in [5.41, 5.74) is 1.23. The second kappa shape index (κ2) is 6.27. The average Bonchev–Trinajstić information content (AvgIpc) is 3.11. The summed E-state index contributed by atoms with van der Waals surface area (Å²) >= 11 is 0. The Kier molecular flexibility index (Phi) is 4.20. The van der Waals surface area contributed by atoms with Gasteiger partial charge in [0, 0.05) is 6.42 Å². The maximum Gasteiger partial charge on any atom is 0.167 e. The van der Waals surface area contributed by atoms with Crippen LogP contribution in [0.25, 0.3) is 11.2 Å². The molecule has 8 nitrogen and oxygen atoms in total. The maximum atomic E-state index is 9.85. The normalized spacial score (nSPS) is 24.2. The number of aliphatic hydroxyl groups is 2. The molecule has 3 atom stereocenters. The molecule has 1 unspecified atom stereocenters. The fourth-order valence-electron chi connectivity index (χ4n) is 2.46. The molecule has 0 radical (unpaired) electrons. The molecule has 0 aliphatic carbocycles. The van der Waals surface area contributed by atoms with Crippen molar-refractivity contribution in [3.05, 3.63) is 12.7 Å². The van der Waals surface area contributed by atoms with E-state index in [1.54, 1.807) is 17.8 Å². The first-order valence-electron chi connectivity index (χ1n) is 7.00. The predicted molar refractivity (Wildman–Crippen MR) is 78.9 cm³/mol. The van der Waals surface area contributed by atoms with Crippen molar-refractivity contribution < 1.29 is 14.9 Å². The standard InChI is InChI=1S/C14H17N5O3/c1-2-3-4-15-13-12-14(17-7-16-13)19(8-18-12)11-5-9(21)10(6-20)22-11/h7-11,20-21H,4-6H2,1H3,(H,15,16,17)/t9?,10-,11-/m1/s1. The van der Waals surface area contributed by atoms with Crippen LogP contribution in [0.5, 0.6) is 0 Å². The Morgan fingerprint density at radius 2 is 2.32 bits per heavy atom. The van der Waals surface area contributed by atoms with Gasteiger partial charge in [0.2, 0.25) is 0 Å². The Morgan fingerprint density at radius 3 is 3.05 bits per heavy atom. The van der Waals surface area contributed by atoms with E-state index in [4.69, 9.17) is 4.74 Å². The van der Waals surface area contributed by atoms with Crippen LogP contribution in [0, 0.1) is 11.8 Å². The van der Waals surface area contributed by atoms with E-state index in [9.17, 15) is 10.2 Å².